The third kappa shape index (κ3) is 1.92. The van der Waals surface area contributed by atoms with Crippen LogP contribution >= 0.6 is 0 Å². The van der Waals surface area contributed by atoms with E-state index in [0.29, 0.717) is 12.0 Å². The molecule has 3 heteroatoms. The van der Waals surface area contributed by atoms with Crippen molar-refractivity contribution in [2.75, 3.05) is 27.2 Å². The Morgan fingerprint density at radius 2 is 2.18 bits per heavy atom. The van der Waals surface area contributed by atoms with Crippen molar-refractivity contribution in [1.29, 1.82) is 0 Å². The van der Waals surface area contributed by atoms with E-state index in [1.54, 1.807) is 7.05 Å². The van der Waals surface area contributed by atoms with Crippen molar-refractivity contribution < 1.29 is 5.21 Å². The molecule has 2 atom stereocenters. The van der Waals surface area contributed by atoms with E-state index < -0.39 is 0 Å². The van der Waals surface area contributed by atoms with E-state index >= 15 is 0 Å². The molecule has 1 fully saturated rings. The van der Waals surface area contributed by atoms with Gasteiger partial charge in [-0.15, -0.1) is 0 Å². The molecule has 1 N–H and O–H groups in total. The molecule has 1 saturated heterocycles. The first-order chi connectivity index (χ1) is 5.15. The van der Waals surface area contributed by atoms with Gasteiger partial charge in [0.25, 0.3) is 0 Å². The standard InChI is InChI=1S/C8H18N2O/c1-4-7-5-9(2)6-8(7)10(3)11/h7-8,11H,4-6H2,1-3H3. The molecule has 0 amide bonds. The molecule has 0 radical (unpaired) electrons. The summed E-state index contributed by atoms with van der Waals surface area (Å²) in [6, 6.07) is 0.338. The minimum Gasteiger partial charge on any atom is -0.314 e. The lowest BCUT2D eigenvalue weighted by Crippen LogP contribution is -2.35. The van der Waals surface area contributed by atoms with E-state index in [1.165, 1.54) is 5.06 Å². The van der Waals surface area contributed by atoms with Gasteiger partial charge in [-0.25, -0.2) is 0 Å². The van der Waals surface area contributed by atoms with Crippen LogP contribution in [0.2, 0.25) is 0 Å². The molecule has 1 aliphatic rings. The predicted molar refractivity (Wildman–Crippen MR) is 44.6 cm³/mol. The van der Waals surface area contributed by atoms with E-state index in [9.17, 15) is 5.21 Å². The first-order valence-corrected chi connectivity index (χ1v) is 4.25. The van der Waals surface area contributed by atoms with E-state index in [4.69, 9.17) is 0 Å². The van der Waals surface area contributed by atoms with Crippen molar-refractivity contribution >= 4 is 0 Å². The number of hydroxylamine groups is 2. The van der Waals surface area contributed by atoms with Crippen LogP contribution in [0.5, 0.6) is 0 Å². The molecule has 11 heavy (non-hydrogen) atoms. The minimum absolute atomic E-state index is 0.338. The van der Waals surface area contributed by atoms with Crippen molar-refractivity contribution in [2.24, 2.45) is 5.92 Å². The maximum absolute atomic E-state index is 9.28. The van der Waals surface area contributed by atoms with Crippen LogP contribution in [0.15, 0.2) is 0 Å². The zero-order valence-electron chi connectivity index (χ0n) is 7.62. The first-order valence-electron chi connectivity index (χ1n) is 4.25. The lowest BCUT2D eigenvalue weighted by atomic mass is 10.0. The Morgan fingerprint density at radius 3 is 2.55 bits per heavy atom. The van der Waals surface area contributed by atoms with Crippen molar-refractivity contribution in [1.82, 2.24) is 9.96 Å². The third-order valence-corrected chi connectivity index (χ3v) is 2.59. The van der Waals surface area contributed by atoms with Gasteiger partial charge in [0.15, 0.2) is 0 Å². The Bertz CT molecular complexity index is 127. The second-order valence-electron chi connectivity index (χ2n) is 3.53. The zero-order chi connectivity index (χ0) is 8.43. The fourth-order valence-electron chi connectivity index (χ4n) is 1.89. The molecule has 66 valence electrons. The van der Waals surface area contributed by atoms with Gasteiger partial charge in [-0.05, 0) is 13.0 Å². The summed E-state index contributed by atoms with van der Waals surface area (Å²) in [4.78, 5) is 2.27. The van der Waals surface area contributed by atoms with Gasteiger partial charge >= 0.3 is 0 Å². The summed E-state index contributed by atoms with van der Waals surface area (Å²) in [6.45, 7) is 4.29. The zero-order valence-corrected chi connectivity index (χ0v) is 7.62. The summed E-state index contributed by atoms with van der Waals surface area (Å²) >= 11 is 0. The van der Waals surface area contributed by atoms with Gasteiger partial charge in [-0.2, -0.15) is 5.06 Å². The van der Waals surface area contributed by atoms with Crippen molar-refractivity contribution in [2.45, 2.75) is 19.4 Å². The second kappa shape index (κ2) is 3.52. The Morgan fingerprint density at radius 1 is 1.55 bits per heavy atom. The third-order valence-electron chi connectivity index (χ3n) is 2.59. The average Bonchev–Trinajstić information content (AvgIpc) is 2.30. The van der Waals surface area contributed by atoms with E-state index in [-0.39, 0.29) is 0 Å². The average molecular weight is 158 g/mol. The Hall–Kier alpha value is -0.120. The molecule has 0 aromatic carbocycles. The van der Waals surface area contributed by atoms with Gasteiger partial charge < -0.3 is 10.1 Å². The molecule has 0 saturated carbocycles. The number of likely N-dealkylation sites (tertiary alicyclic amines) is 1. The maximum atomic E-state index is 9.28. The van der Waals surface area contributed by atoms with Gasteiger partial charge in [-0.1, -0.05) is 13.3 Å². The molecule has 1 aliphatic heterocycles. The van der Waals surface area contributed by atoms with Crippen molar-refractivity contribution in [3.05, 3.63) is 0 Å². The van der Waals surface area contributed by atoms with Crippen LogP contribution in [0.4, 0.5) is 0 Å². The lowest BCUT2D eigenvalue weighted by molar-refractivity contribution is -0.109. The fourth-order valence-corrected chi connectivity index (χ4v) is 1.89. The number of nitrogens with zero attached hydrogens (tertiary/aromatic N) is 2. The highest BCUT2D eigenvalue weighted by atomic mass is 16.5. The molecular weight excluding hydrogens is 140 g/mol. The molecule has 3 nitrogen and oxygen atoms in total. The fraction of sp³-hybridized carbons (Fsp3) is 1.00. The van der Waals surface area contributed by atoms with Crippen LogP contribution < -0.4 is 0 Å². The van der Waals surface area contributed by atoms with Crippen LogP contribution in [0, 0.1) is 5.92 Å². The Labute approximate surface area is 68.6 Å². The maximum Gasteiger partial charge on any atom is 0.0514 e. The predicted octanol–water partition coefficient (Wildman–Crippen LogP) is 0.648. The van der Waals surface area contributed by atoms with E-state index in [1.807, 2.05) is 0 Å². The number of likely N-dealkylation sites (N-methyl/N-ethyl adjacent to an activating group) is 2. The van der Waals surface area contributed by atoms with Crippen LogP contribution in [0.1, 0.15) is 13.3 Å². The minimum atomic E-state index is 0.338. The highest BCUT2D eigenvalue weighted by Crippen LogP contribution is 2.21. The monoisotopic (exact) mass is 158 g/mol. The summed E-state index contributed by atoms with van der Waals surface area (Å²) in [7, 11) is 3.85. The van der Waals surface area contributed by atoms with Gasteiger partial charge in [0.2, 0.25) is 0 Å². The van der Waals surface area contributed by atoms with E-state index in [2.05, 4.69) is 18.9 Å². The SMILES string of the molecule is CCC1CN(C)CC1N(C)O. The van der Waals surface area contributed by atoms with Crippen LogP contribution in [0.3, 0.4) is 0 Å². The normalized spacial score (nSPS) is 33.5. The smallest absolute Gasteiger partial charge is 0.0514 e. The highest BCUT2D eigenvalue weighted by molar-refractivity contribution is 4.85. The molecule has 1 heterocycles. The molecule has 0 aliphatic carbocycles. The van der Waals surface area contributed by atoms with Crippen molar-refractivity contribution in [3.8, 4) is 0 Å². The van der Waals surface area contributed by atoms with Crippen LogP contribution in [-0.2, 0) is 0 Å². The van der Waals surface area contributed by atoms with Gasteiger partial charge in [-0.3, -0.25) is 0 Å². The topological polar surface area (TPSA) is 26.7 Å². The number of hydrogen-bond acceptors (Lipinski definition) is 3. The summed E-state index contributed by atoms with van der Waals surface area (Å²) < 4.78 is 0. The number of rotatable bonds is 2. The lowest BCUT2D eigenvalue weighted by Gasteiger charge is -2.21. The largest absolute Gasteiger partial charge is 0.314 e. The first kappa shape index (κ1) is 8.97. The van der Waals surface area contributed by atoms with Gasteiger partial charge in [0, 0.05) is 20.1 Å². The molecule has 0 bridgehead atoms. The highest BCUT2D eigenvalue weighted by Gasteiger charge is 2.31. The summed E-state index contributed by atoms with van der Waals surface area (Å²) in [5.41, 5.74) is 0. The van der Waals surface area contributed by atoms with Crippen LogP contribution in [0.25, 0.3) is 0 Å². The molecule has 0 spiro atoms. The van der Waals surface area contributed by atoms with Gasteiger partial charge in [0.05, 0.1) is 6.04 Å². The molecular formula is C8H18N2O. The molecule has 0 aromatic rings. The summed E-state index contributed by atoms with van der Waals surface area (Å²) in [5, 5.41) is 10.6. The number of hydrogen-bond donors (Lipinski definition) is 1. The molecule has 0 aromatic heterocycles. The Kier molecular flexibility index (Phi) is 2.87. The summed E-state index contributed by atoms with van der Waals surface area (Å²) in [6.07, 6.45) is 1.15. The summed E-state index contributed by atoms with van der Waals surface area (Å²) in [5.74, 6) is 0.634. The second-order valence-corrected chi connectivity index (χ2v) is 3.53. The van der Waals surface area contributed by atoms with E-state index in [0.717, 1.165) is 19.5 Å². The van der Waals surface area contributed by atoms with Crippen LogP contribution in [-0.4, -0.2) is 48.4 Å². The Balaban J connectivity index is 2.50. The molecule has 1 rings (SSSR count). The molecule has 2 unspecified atom stereocenters. The van der Waals surface area contributed by atoms with Crippen molar-refractivity contribution in [3.63, 3.8) is 0 Å². The van der Waals surface area contributed by atoms with Gasteiger partial charge in [0.1, 0.15) is 0 Å². The quantitative estimate of drug-likeness (QED) is 0.598.